The molecule has 7 nitrogen and oxygen atoms in total. The van der Waals surface area contributed by atoms with Crippen molar-refractivity contribution in [3.63, 3.8) is 0 Å². The summed E-state index contributed by atoms with van der Waals surface area (Å²) in [6.07, 6.45) is 1.37. The van der Waals surface area contributed by atoms with E-state index in [0.29, 0.717) is 37.0 Å². The van der Waals surface area contributed by atoms with Crippen LogP contribution in [0, 0.1) is 0 Å². The molecule has 0 spiro atoms. The van der Waals surface area contributed by atoms with Gasteiger partial charge in [-0.3, -0.25) is 4.79 Å². The lowest BCUT2D eigenvalue weighted by Gasteiger charge is -2.09. The van der Waals surface area contributed by atoms with Crippen LogP contribution in [-0.2, 0) is 6.54 Å². The second kappa shape index (κ2) is 9.91. The highest BCUT2D eigenvalue weighted by Crippen LogP contribution is 2.16. The molecule has 0 radical (unpaired) electrons. The van der Waals surface area contributed by atoms with Gasteiger partial charge in [0.2, 0.25) is 0 Å². The summed E-state index contributed by atoms with van der Waals surface area (Å²) < 4.78 is 10.7. The number of rotatable bonds is 9. The SMILES string of the molecule is COc1ccc(OCCNC(=O)c2cc(NCc3ccccc3)ncn2)cc1. The minimum atomic E-state index is -0.275. The minimum absolute atomic E-state index is 0.275. The number of aromatic nitrogens is 2. The molecule has 28 heavy (non-hydrogen) atoms. The van der Waals surface area contributed by atoms with Crippen molar-refractivity contribution >= 4 is 11.7 Å². The van der Waals surface area contributed by atoms with Gasteiger partial charge in [-0.15, -0.1) is 0 Å². The number of benzene rings is 2. The molecular weight excluding hydrogens is 356 g/mol. The number of carbonyl (C=O) groups excluding carboxylic acids is 1. The van der Waals surface area contributed by atoms with E-state index in [2.05, 4.69) is 20.6 Å². The van der Waals surface area contributed by atoms with Gasteiger partial charge in [0, 0.05) is 12.6 Å². The zero-order valence-corrected chi connectivity index (χ0v) is 15.6. The van der Waals surface area contributed by atoms with Crippen LogP contribution in [0.2, 0.25) is 0 Å². The van der Waals surface area contributed by atoms with Crippen LogP contribution in [0.4, 0.5) is 5.82 Å². The first-order chi connectivity index (χ1) is 13.7. The fourth-order valence-corrected chi connectivity index (χ4v) is 2.46. The molecule has 3 aromatic rings. The summed E-state index contributed by atoms with van der Waals surface area (Å²) in [5.41, 5.74) is 1.43. The average Bonchev–Trinajstić information content (AvgIpc) is 2.76. The maximum Gasteiger partial charge on any atom is 0.270 e. The zero-order chi connectivity index (χ0) is 19.6. The summed E-state index contributed by atoms with van der Waals surface area (Å²) in [6.45, 7) is 1.33. The topological polar surface area (TPSA) is 85.4 Å². The van der Waals surface area contributed by atoms with Gasteiger partial charge >= 0.3 is 0 Å². The van der Waals surface area contributed by atoms with Crippen LogP contribution in [0.1, 0.15) is 16.1 Å². The van der Waals surface area contributed by atoms with Crippen molar-refractivity contribution in [2.24, 2.45) is 0 Å². The van der Waals surface area contributed by atoms with Gasteiger partial charge in [-0.25, -0.2) is 9.97 Å². The third-order valence-electron chi connectivity index (χ3n) is 3.93. The van der Waals surface area contributed by atoms with Gasteiger partial charge in [0.15, 0.2) is 0 Å². The molecular formula is C21H22N4O3. The van der Waals surface area contributed by atoms with Gasteiger partial charge in [-0.1, -0.05) is 30.3 Å². The predicted molar refractivity (Wildman–Crippen MR) is 107 cm³/mol. The van der Waals surface area contributed by atoms with Crippen LogP contribution < -0.4 is 20.1 Å². The molecule has 0 atom stereocenters. The molecule has 0 saturated heterocycles. The average molecular weight is 378 g/mol. The molecule has 1 heterocycles. The van der Waals surface area contributed by atoms with Crippen LogP contribution in [0.3, 0.4) is 0 Å². The lowest BCUT2D eigenvalue weighted by Crippen LogP contribution is -2.29. The van der Waals surface area contributed by atoms with Crippen LogP contribution in [-0.4, -0.2) is 36.1 Å². The molecule has 3 rings (SSSR count). The Labute approximate surface area is 163 Å². The molecule has 144 valence electrons. The number of carbonyl (C=O) groups is 1. The molecule has 0 aliphatic heterocycles. The second-order valence-electron chi connectivity index (χ2n) is 5.91. The Morgan fingerprint density at radius 2 is 1.75 bits per heavy atom. The first-order valence-electron chi connectivity index (χ1n) is 8.89. The first-order valence-corrected chi connectivity index (χ1v) is 8.89. The molecule has 0 unspecified atom stereocenters. The van der Waals surface area contributed by atoms with Crippen molar-refractivity contribution < 1.29 is 14.3 Å². The molecule has 0 fully saturated rings. The Hall–Kier alpha value is -3.61. The van der Waals surface area contributed by atoms with Crippen molar-refractivity contribution in [3.8, 4) is 11.5 Å². The van der Waals surface area contributed by atoms with Gasteiger partial charge in [0.25, 0.3) is 5.91 Å². The normalized spacial score (nSPS) is 10.2. The number of nitrogens with one attached hydrogen (secondary N) is 2. The highest BCUT2D eigenvalue weighted by atomic mass is 16.5. The van der Waals surface area contributed by atoms with E-state index < -0.39 is 0 Å². The Bertz CT molecular complexity index is 886. The van der Waals surface area contributed by atoms with E-state index in [1.54, 1.807) is 13.2 Å². The summed E-state index contributed by atoms with van der Waals surface area (Å²) in [4.78, 5) is 20.4. The van der Waals surface area contributed by atoms with Gasteiger partial charge in [-0.2, -0.15) is 0 Å². The molecule has 1 aromatic heterocycles. The lowest BCUT2D eigenvalue weighted by molar-refractivity contribution is 0.0942. The van der Waals surface area contributed by atoms with Gasteiger partial charge in [0.05, 0.1) is 13.7 Å². The number of hydrogen-bond acceptors (Lipinski definition) is 6. The third-order valence-corrected chi connectivity index (χ3v) is 3.93. The van der Waals surface area contributed by atoms with Gasteiger partial charge < -0.3 is 20.1 Å². The molecule has 1 amide bonds. The van der Waals surface area contributed by atoms with E-state index >= 15 is 0 Å². The molecule has 0 bridgehead atoms. The quantitative estimate of drug-likeness (QED) is 0.557. The molecule has 0 saturated carbocycles. The number of nitrogens with zero attached hydrogens (tertiary/aromatic N) is 2. The van der Waals surface area contributed by atoms with Crippen molar-refractivity contribution in [2.75, 3.05) is 25.6 Å². The molecule has 0 aliphatic rings. The monoisotopic (exact) mass is 378 g/mol. The lowest BCUT2D eigenvalue weighted by atomic mass is 10.2. The number of ether oxygens (including phenoxy) is 2. The van der Waals surface area contributed by atoms with E-state index in [1.807, 2.05) is 54.6 Å². The largest absolute Gasteiger partial charge is 0.497 e. The highest BCUT2D eigenvalue weighted by molar-refractivity contribution is 5.92. The van der Waals surface area contributed by atoms with E-state index in [1.165, 1.54) is 6.33 Å². The van der Waals surface area contributed by atoms with Crippen LogP contribution in [0.15, 0.2) is 67.0 Å². The standard InChI is InChI=1S/C21H22N4O3/c1-27-17-7-9-18(10-8-17)28-12-11-22-21(26)19-13-20(25-15-24-19)23-14-16-5-3-2-4-6-16/h2-10,13,15H,11-12,14H2,1H3,(H,22,26)(H,23,24,25). The number of anilines is 1. The van der Waals surface area contributed by atoms with E-state index in [9.17, 15) is 4.79 Å². The Morgan fingerprint density at radius 3 is 2.50 bits per heavy atom. The molecule has 0 aliphatic carbocycles. The maximum absolute atomic E-state index is 12.3. The minimum Gasteiger partial charge on any atom is -0.497 e. The summed E-state index contributed by atoms with van der Waals surface area (Å²) >= 11 is 0. The predicted octanol–water partition coefficient (Wildman–Crippen LogP) is 2.91. The first kappa shape index (κ1) is 19.2. The van der Waals surface area contributed by atoms with Gasteiger partial charge in [0.1, 0.15) is 35.9 Å². The number of methoxy groups -OCH3 is 1. The van der Waals surface area contributed by atoms with Crippen molar-refractivity contribution in [1.82, 2.24) is 15.3 Å². The molecule has 2 aromatic carbocycles. The molecule has 7 heteroatoms. The Morgan fingerprint density at radius 1 is 1.00 bits per heavy atom. The third kappa shape index (κ3) is 5.70. The number of amides is 1. The van der Waals surface area contributed by atoms with E-state index in [0.717, 1.165) is 11.3 Å². The van der Waals surface area contributed by atoms with Crippen molar-refractivity contribution in [1.29, 1.82) is 0 Å². The van der Waals surface area contributed by atoms with Crippen LogP contribution in [0.5, 0.6) is 11.5 Å². The van der Waals surface area contributed by atoms with Crippen molar-refractivity contribution in [2.45, 2.75) is 6.54 Å². The maximum atomic E-state index is 12.3. The Balaban J connectivity index is 1.44. The Kier molecular flexibility index (Phi) is 6.78. The van der Waals surface area contributed by atoms with Crippen LogP contribution >= 0.6 is 0 Å². The smallest absolute Gasteiger partial charge is 0.270 e. The van der Waals surface area contributed by atoms with E-state index in [-0.39, 0.29) is 5.91 Å². The summed E-state index contributed by atoms with van der Waals surface area (Å²) in [7, 11) is 1.61. The fourth-order valence-electron chi connectivity index (χ4n) is 2.46. The van der Waals surface area contributed by atoms with Crippen LogP contribution in [0.25, 0.3) is 0 Å². The highest BCUT2D eigenvalue weighted by Gasteiger charge is 2.08. The van der Waals surface area contributed by atoms with Crippen molar-refractivity contribution in [3.05, 3.63) is 78.2 Å². The molecule has 2 N–H and O–H groups in total. The number of hydrogen-bond donors (Lipinski definition) is 2. The fraction of sp³-hybridized carbons (Fsp3) is 0.190. The van der Waals surface area contributed by atoms with E-state index in [4.69, 9.17) is 9.47 Å². The summed E-state index contributed by atoms with van der Waals surface area (Å²) in [6, 6.07) is 18.9. The van der Waals surface area contributed by atoms with Gasteiger partial charge in [-0.05, 0) is 29.8 Å². The summed E-state index contributed by atoms with van der Waals surface area (Å²) in [5.74, 6) is 1.80. The zero-order valence-electron chi connectivity index (χ0n) is 15.6. The second-order valence-corrected chi connectivity index (χ2v) is 5.91. The summed E-state index contributed by atoms with van der Waals surface area (Å²) in [5, 5.41) is 5.97.